The van der Waals surface area contributed by atoms with Gasteiger partial charge in [-0.1, -0.05) is 24.3 Å². The number of esters is 1. The minimum absolute atomic E-state index is 0.0858. The van der Waals surface area contributed by atoms with Crippen molar-refractivity contribution in [3.63, 3.8) is 0 Å². The van der Waals surface area contributed by atoms with Gasteiger partial charge in [-0.25, -0.2) is 9.78 Å². The molecule has 0 amide bonds. The zero-order chi connectivity index (χ0) is 20.1. The van der Waals surface area contributed by atoms with Crippen LogP contribution in [0.1, 0.15) is 23.0 Å². The molecule has 0 aliphatic rings. The van der Waals surface area contributed by atoms with Crippen molar-refractivity contribution in [2.24, 2.45) is 0 Å². The summed E-state index contributed by atoms with van der Waals surface area (Å²) in [5, 5.41) is 11.7. The third kappa shape index (κ3) is 4.09. The van der Waals surface area contributed by atoms with Crippen molar-refractivity contribution < 1.29 is 19.2 Å². The van der Waals surface area contributed by atoms with Crippen molar-refractivity contribution in [1.29, 1.82) is 0 Å². The van der Waals surface area contributed by atoms with Gasteiger partial charge >= 0.3 is 5.97 Å². The number of non-ortho nitro benzene ring substituents is 1. The van der Waals surface area contributed by atoms with Crippen LogP contribution in [0.4, 0.5) is 5.69 Å². The minimum Gasteiger partial charge on any atom is -0.462 e. The molecule has 0 aliphatic carbocycles. The fraction of sp³-hybridized carbons (Fsp3) is 0.0952. The predicted octanol–water partition coefficient (Wildman–Crippen LogP) is 3.97. The van der Waals surface area contributed by atoms with Crippen molar-refractivity contribution in [2.75, 3.05) is 6.61 Å². The molecule has 0 spiro atoms. The molecule has 0 bridgehead atoms. The molecule has 0 radical (unpaired) electrons. The van der Waals surface area contributed by atoms with Crippen LogP contribution in [0.5, 0.6) is 0 Å². The van der Waals surface area contributed by atoms with E-state index < -0.39 is 16.7 Å². The van der Waals surface area contributed by atoms with Gasteiger partial charge in [0.1, 0.15) is 11.3 Å². The SMILES string of the molecule is CCOC(=O)C(=Cc1ccc([N+](=O)[O-])cc1)C(=O)c1ccc2ccccc2n1. The third-order valence-corrected chi connectivity index (χ3v) is 3.99. The summed E-state index contributed by atoms with van der Waals surface area (Å²) in [4.78, 5) is 39.9. The first-order chi connectivity index (χ1) is 13.5. The van der Waals surface area contributed by atoms with E-state index >= 15 is 0 Å². The number of para-hydroxylation sites is 1. The Hall–Kier alpha value is -3.87. The van der Waals surface area contributed by atoms with E-state index in [9.17, 15) is 19.7 Å². The van der Waals surface area contributed by atoms with Gasteiger partial charge in [0.15, 0.2) is 0 Å². The number of nitro groups is 1. The highest BCUT2D eigenvalue weighted by Crippen LogP contribution is 2.19. The summed E-state index contributed by atoms with van der Waals surface area (Å²) in [6.07, 6.45) is 1.35. The molecule has 1 aromatic heterocycles. The summed E-state index contributed by atoms with van der Waals surface area (Å²) in [6.45, 7) is 1.75. The molecule has 2 aromatic carbocycles. The maximum Gasteiger partial charge on any atom is 0.342 e. The smallest absolute Gasteiger partial charge is 0.342 e. The van der Waals surface area contributed by atoms with Gasteiger partial charge < -0.3 is 4.74 Å². The Morgan fingerprint density at radius 3 is 2.46 bits per heavy atom. The zero-order valence-corrected chi connectivity index (χ0v) is 15.0. The molecule has 0 fully saturated rings. The van der Waals surface area contributed by atoms with E-state index in [4.69, 9.17) is 4.74 Å². The molecule has 1 heterocycles. The molecule has 3 aromatic rings. The molecule has 0 aliphatic heterocycles. The first-order valence-electron chi connectivity index (χ1n) is 8.53. The fourth-order valence-corrected chi connectivity index (χ4v) is 2.62. The van der Waals surface area contributed by atoms with Gasteiger partial charge in [0, 0.05) is 17.5 Å². The van der Waals surface area contributed by atoms with Gasteiger partial charge in [0.25, 0.3) is 5.69 Å². The standard InChI is InChI=1S/C21H16N2O5/c1-2-28-21(25)17(13-14-7-10-16(11-8-14)23(26)27)20(24)19-12-9-15-5-3-4-6-18(15)22-19/h3-13H,2H2,1H3. The van der Waals surface area contributed by atoms with E-state index in [1.165, 1.54) is 30.3 Å². The number of ether oxygens (including phenoxy) is 1. The maximum atomic E-state index is 12.9. The van der Waals surface area contributed by atoms with E-state index in [1.807, 2.05) is 18.2 Å². The molecule has 0 saturated carbocycles. The first-order valence-corrected chi connectivity index (χ1v) is 8.53. The van der Waals surface area contributed by atoms with Crippen LogP contribution >= 0.6 is 0 Å². The monoisotopic (exact) mass is 376 g/mol. The second kappa shape index (κ2) is 8.22. The average molecular weight is 376 g/mol. The Morgan fingerprint density at radius 1 is 1.07 bits per heavy atom. The highest BCUT2D eigenvalue weighted by atomic mass is 16.6. The maximum absolute atomic E-state index is 12.9. The molecule has 28 heavy (non-hydrogen) atoms. The van der Waals surface area contributed by atoms with E-state index in [1.54, 1.807) is 25.1 Å². The Kier molecular flexibility index (Phi) is 5.55. The molecule has 140 valence electrons. The van der Waals surface area contributed by atoms with Crippen molar-refractivity contribution in [1.82, 2.24) is 4.98 Å². The molecule has 7 nitrogen and oxygen atoms in total. The number of nitrogens with zero attached hydrogens (tertiary/aromatic N) is 2. The number of fused-ring (bicyclic) bond motifs is 1. The number of ketones is 1. The summed E-state index contributed by atoms with van der Waals surface area (Å²) < 4.78 is 5.00. The zero-order valence-electron chi connectivity index (χ0n) is 15.0. The average Bonchev–Trinajstić information content (AvgIpc) is 2.71. The van der Waals surface area contributed by atoms with Gasteiger partial charge in [0.05, 0.1) is 17.0 Å². The van der Waals surface area contributed by atoms with Crippen LogP contribution in [0.15, 0.2) is 66.2 Å². The topological polar surface area (TPSA) is 99.4 Å². The van der Waals surface area contributed by atoms with Crippen LogP contribution < -0.4 is 0 Å². The normalized spacial score (nSPS) is 11.2. The van der Waals surface area contributed by atoms with E-state index in [2.05, 4.69) is 4.98 Å². The second-order valence-corrected chi connectivity index (χ2v) is 5.85. The Morgan fingerprint density at radius 2 is 1.79 bits per heavy atom. The summed E-state index contributed by atoms with van der Waals surface area (Å²) >= 11 is 0. The second-order valence-electron chi connectivity index (χ2n) is 5.85. The Bertz CT molecular complexity index is 1090. The number of rotatable bonds is 6. The van der Waals surface area contributed by atoms with Crippen molar-refractivity contribution >= 4 is 34.4 Å². The lowest BCUT2D eigenvalue weighted by molar-refractivity contribution is -0.384. The molecule has 0 saturated heterocycles. The van der Waals surface area contributed by atoms with Gasteiger partial charge in [-0.3, -0.25) is 14.9 Å². The summed E-state index contributed by atoms with van der Waals surface area (Å²) in [5.74, 6) is -1.36. The van der Waals surface area contributed by atoms with Crippen molar-refractivity contribution in [2.45, 2.75) is 6.92 Å². The van der Waals surface area contributed by atoms with E-state index in [0.717, 1.165) is 5.39 Å². The van der Waals surface area contributed by atoms with Crippen LogP contribution in [0, 0.1) is 10.1 Å². The number of hydrogen-bond donors (Lipinski definition) is 0. The Labute approximate surface area is 160 Å². The largest absolute Gasteiger partial charge is 0.462 e. The number of Topliss-reactive ketones (excluding diaryl/α,β-unsaturated/α-hetero) is 1. The fourth-order valence-electron chi connectivity index (χ4n) is 2.62. The van der Waals surface area contributed by atoms with Crippen LogP contribution in [-0.4, -0.2) is 28.3 Å². The molecule has 0 atom stereocenters. The van der Waals surface area contributed by atoms with Gasteiger partial charge in [-0.15, -0.1) is 0 Å². The quantitative estimate of drug-likeness (QED) is 0.123. The first kappa shape index (κ1) is 18.9. The molecule has 0 N–H and O–H groups in total. The lowest BCUT2D eigenvalue weighted by Crippen LogP contribution is -2.17. The lowest BCUT2D eigenvalue weighted by Gasteiger charge is -2.07. The number of pyridine rings is 1. The summed E-state index contributed by atoms with van der Waals surface area (Å²) in [6, 6.07) is 16.1. The van der Waals surface area contributed by atoms with Crippen LogP contribution in [0.3, 0.4) is 0 Å². The van der Waals surface area contributed by atoms with Gasteiger partial charge in [-0.05, 0) is 42.8 Å². The lowest BCUT2D eigenvalue weighted by atomic mass is 10.0. The highest BCUT2D eigenvalue weighted by molar-refractivity contribution is 6.26. The van der Waals surface area contributed by atoms with E-state index in [0.29, 0.717) is 11.1 Å². The number of aromatic nitrogens is 1. The van der Waals surface area contributed by atoms with Gasteiger partial charge in [-0.2, -0.15) is 0 Å². The number of benzene rings is 2. The number of carbonyl (C=O) groups excluding carboxylic acids is 2. The molecular weight excluding hydrogens is 360 g/mol. The molecule has 3 rings (SSSR count). The van der Waals surface area contributed by atoms with Crippen LogP contribution in [-0.2, 0) is 9.53 Å². The predicted molar refractivity (Wildman–Crippen MR) is 104 cm³/mol. The van der Waals surface area contributed by atoms with Gasteiger partial charge in [0.2, 0.25) is 5.78 Å². The highest BCUT2D eigenvalue weighted by Gasteiger charge is 2.22. The molecule has 7 heteroatoms. The summed E-state index contributed by atoms with van der Waals surface area (Å²) in [5.41, 5.74) is 0.922. The van der Waals surface area contributed by atoms with Crippen molar-refractivity contribution in [3.05, 3.63) is 87.6 Å². The minimum atomic E-state index is -0.777. The van der Waals surface area contributed by atoms with Crippen molar-refractivity contribution in [3.8, 4) is 0 Å². The molecular formula is C21H16N2O5. The molecule has 0 unspecified atom stereocenters. The number of hydrogen-bond acceptors (Lipinski definition) is 6. The third-order valence-electron chi connectivity index (χ3n) is 3.99. The van der Waals surface area contributed by atoms with Crippen LogP contribution in [0.25, 0.3) is 17.0 Å². The summed E-state index contributed by atoms with van der Waals surface area (Å²) in [7, 11) is 0. The number of nitro benzene ring substituents is 1. The van der Waals surface area contributed by atoms with Crippen LogP contribution in [0.2, 0.25) is 0 Å². The van der Waals surface area contributed by atoms with E-state index in [-0.39, 0.29) is 23.6 Å². The Balaban J connectivity index is 2.01. The number of carbonyl (C=O) groups is 2.